The van der Waals surface area contributed by atoms with Gasteiger partial charge >= 0.3 is 0 Å². The zero-order chi connectivity index (χ0) is 14.7. The number of amides is 1. The molecular weight excluding hydrogens is 304 g/mol. The Bertz CT molecular complexity index is 630. The van der Waals surface area contributed by atoms with Crippen molar-refractivity contribution in [3.05, 3.63) is 45.4 Å². The van der Waals surface area contributed by atoms with Crippen molar-refractivity contribution < 1.29 is 4.79 Å². The number of rotatable bonds is 3. The number of halogens is 1. The van der Waals surface area contributed by atoms with E-state index in [2.05, 4.69) is 10.3 Å². The quantitative estimate of drug-likeness (QED) is 0.859. The first-order valence-corrected chi connectivity index (χ1v) is 8.43. The molecule has 0 aliphatic heterocycles. The standard InChI is InChI=1S/C16H17ClN2OS/c17-12-7-5-4-6-11(12)10-15(20)19-16-18-13-8-2-1-3-9-14(13)21-16/h4-7H,1-3,8-10H2,(H,18,19,20). The van der Waals surface area contributed by atoms with Crippen molar-refractivity contribution in [3.63, 3.8) is 0 Å². The summed E-state index contributed by atoms with van der Waals surface area (Å²) in [6, 6.07) is 7.43. The molecule has 0 radical (unpaired) electrons. The minimum absolute atomic E-state index is 0.0630. The van der Waals surface area contributed by atoms with E-state index >= 15 is 0 Å². The molecule has 0 saturated heterocycles. The molecule has 21 heavy (non-hydrogen) atoms. The number of nitrogens with one attached hydrogen (secondary N) is 1. The second kappa shape index (κ2) is 6.58. The molecule has 1 N–H and O–H groups in total. The van der Waals surface area contributed by atoms with E-state index in [4.69, 9.17) is 11.6 Å². The number of carbonyl (C=O) groups is 1. The summed E-state index contributed by atoms with van der Waals surface area (Å²) in [6.45, 7) is 0. The van der Waals surface area contributed by atoms with Gasteiger partial charge < -0.3 is 5.32 Å². The molecule has 1 aromatic carbocycles. The van der Waals surface area contributed by atoms with Crippen molar-refractivity contribution in [1.82, 2.24) is 4.98 Å². The van der Waals surface area contributed by atoms with Crippen LogP contribution in [0.2, 0.25) is 5.02 Å². The van der Waals surface area contributed by atoms with Gasteiger partial charge in [-0.25, -0.2) is 4.98 Å². The third kappa shape index (κ3) is 3.63. The monoisotopic (exact) mass is 320 g/mol. The lowest BCUT2D eigenvalue weighted by Crippen LogP contribution is -2.14. The van der Waals surface area contributed by atoms with Gasteiger partial charge in [0.15, 0.2) is 5.13 Å². The normalized spacial score (nSPS) is 14.3. The van der Waals surface area contributed by atoms with Gasteiger partial charge in [0, 0.05) is 9.90 Å². The van der Waals surface area contributed by atoms with Gasteiger partial charge in [-0.05, 0) is 37.3 Å². The molecule has 1 heterocycles. The topological polar surface area (TPSA) is 42.0 Å². The summed E-state index contributed by atoms with van der Waals surface area (Å²) in [5.74, 6) is -0.0630. The van der Waals surface area contributed by atoms with Gasteiger partial charge in [-0.3, -0.25) is 4.79 Å². The third-order valence-corrected chi connectivity index (χ3v) is 5.09. The van der Waals surface area contributed by atoms with Crippen LogP contribution in [0.5, 0.6) is 0 Å². The lowest BCUT2D eigenvalue weighted by atomic mass is 10.1. The number of hydrogen-bond acceptors (Lipinski definition) is 3. The van der Waals surface area contributed by atoms with Gasteiger partial charge in [0.05, 0.1) is 12.1 Å². The van der Waals surface area contributed by atoms with Gasteiger partial charge in [0.1, 0.15) is 0 Å². The smallest absolute Gasteiger partial charge is 0.230 e. The number of nitrogens with zero attached hydrogens (tertiary/aromatic N) is 1. The van der Waals surface area contributed by atoms with E-state index in [0.717, 1.165) is 23.5 Å². The summed E-state index contributed by atoms with van der Waals surface area (Å²) in [5, 5.41) is 4.25. The summed E-state index contributed by atoms with van der Waals surface area (Å²) < 4.78 is 0. The molecule has 2 aromatic rings. The average molecular weight is 321 g/mol. The van der Waals surface area contributed by atoms with E-state index in [1.54, 1.807) is 17.4 Å². The molecule has 1 aromatic heterocycles. The summed E-state index contributed by atoms with van der Waals surface area (Å²) in [5.41, 5.74) is 2.01. The van der Waals surface area contributed by atoms with E-state index in [1.165, 1.54) is 29.8 Å². The fourth-order valence-electron chi connectivity index (χ4n) is 2.56. The van der Waals surface area contributed by atoms with Crippen molar-refractivity contribution in [1.29, 1.82) is 0 Å². The highest BCUT2D eigenvalue weighted by Gasteiger charge is 2.15. The minimum atomic E-state index is -0.0630. The van der Waals surface area contributed by atoms with Crippen LogP contribution in [0.15, 0.2) is 24.3 Å². The van der Waals surface area contributed by atoms with Crippen molar-refractivity contribution >= 4 is 34.0 Å². The fourth-order valence-corrected chi connectivity index (χ4v) is 3.83. The van der Waals surface area contributed by atoms with Crippen LogP contribution in [0.3, 0.4) is 0 Å². The maximum absolute atomic E-state index is 12.1. The molecular formula is C16H17ClN2OS. The number of carbonyl (C=O) groups excluding carboxylic acids is 1. The zero-order valence-electron chi connectivity index (χ0n) is 11.7. The number of thiazole rings is 1. The Morgan fingerprint density at radius 1 is 1.24 bits per heavy atom. The summed E-state index contributed by atoms with van der Waals surface area (Å²) in [6.07, 6.45) is 6.10. The van der Waals surface area contributed by atoms with Crippen LogP contribution >= 0.6 is 22.9 Å². The Balaban J connectivity index is 1.66. The van der Waals surface area contributed by atoms with Crippen molar-refractivity contribution in [2.24, 2.45) is 0 Å². The SMILES string of the molecule is O=C(Cc1ccccc1Cl)Nc1nc2c(s1)CCCCC2. The molecule has 1 amide bonds. The lowest BCUT2D eigenvalue weighted by molar-refractivity contribution is -0.115. The van der Waals surface area contributed by atoms with Gasteiger partial charge in [0.2, 0.25) is 5.91 Å². The van der Waals surface area contributed by atoms with Crippen LogP contribution in [0, 0.1) is 0 Å². The molecule has 0 saturated carbocycles. The molecule has 3 rings (SSSR count). The van der Waals surface area contributed by atoms with Crippen LogP contribution in [0.4, 0.5) is 5.13 Å². The van der Waals surface area contributed by atoms with Crippen LogP contribution < -0.4 is 5.32 Å². The van der Waals surface area contributed by atoms with E-state index in [0.29, 0.717) is 5.02 Å². The Kier molecular flexibility index (Phi) is 4.56. The predicted octanol–water partition coefficient (Wildman–Crippen LogP) is 4.25. The highest BCUT2D eigenvalue weighted by molar-refractivity contribution is 7.15. The maximum Gasteiger partial charge on any atom is 0.230 e. The number of aromatic nitrogens is 1. The summed E-state index contributed by atoms with van der Waals surface area (Å²) >= 11 is 7.69. The summed E-state index contributed by atoms with van der Waals surface area (Å²) in [7, 11) is 0. The second-order valence-electron chi connectivity index (χ2n) is 5.27. The molecule has 1 aliphatic rings. The first-order chi connectivity index (χ1) is 10.2. The van der Waals surface area contributed by atoms with E-state index < -0.39 is 0 Å². The highest BCUT2D eigenvalue weighted by Crippen LogP contribution is 2.29. The lowest BCUT2D eigenvalue weighted by Gasteiger charge is -2.04. The molecule has 0 unspecified atom stereocenters. The Labute approximate surface area is 133 Å². The molecule has 0 atom stereocenters. The zero-order valence-corrected chi connectivity index (χ0v) is 13.3. The minimum Gasteiger partial charge on any atom is -0.302 e. The number of aryl methyl sites for hydroxylation is 2. The van der Waals surface area contributed by atoms with Crippen LogP contribution in [-0.2, 0) is 24.1 Å². The Hall–Kier alpha value is -1.39. The number of benzene rings is 1. The predicted molar refractivity (Wildman–Crippen MR) is 87.2 cm³/mol. The van der Waals surface area contributed by atoms with E-state index in [1.807, 2.05) is 18.2 Å². The van der Waals surface area contributed by atoms with Crippen LogP contribution in [0.1, 0.15) is 35.4 Å². The van der Waals surface area contributed by atoms with Crippen LogP contribution in [0.25, 0.3) is 0 Å². The fraction of sp³-hybridized carbons (Fsp3) is 0.375. The van der Waals surface area contributed by atoms with E-state index in [-0.39, 0.29) is 12.3 Å². The second-order valence-corrected chi connectivity index (χ2v) is 6.76. The first-order valence-electron chi connectivity index (χ1n) is 7.24. The van der Waals surface area contributed by atoms with Crippen molar-refractivity contribution in [3.8, 4) is 0 Å². The Morgan fingerprint density at radius 2 is 2.05 bits per heavy atom. The van der Waals surface area contributed by atoms with Gasteiger partial charge in [-0.15, -0.1) is 11.3 Å². The number of anilines is 1. The van der Waals surface area contributed by atoms with Gasteiger partial charge in [0.25, 0.3) is 0 Å². The third-order valence-electron chi connectivity index (χ3n) is 3.65. The molecule has 1 aliphatic carbocycles. The molecule has 0 spiro atoms. The molecule has 3 nitrogen and oxygen atoms in total. The van der Waals surface area contributed by atoms with E-state index in [9.17, 15) is 4.79 Å². The molecule has 110 valence electrons. The maximum atomic E-state index is 12.1. The molecule has 0 bridgehead atoms. The highest BCUT2D eigenvalue weighted by atomic mass is 35.5. The molecule has 5 heteroatoms. The van der Waals surface area contributed by atoms with Gasteiger partial charge in [-0.2, -0.15) is 0 Å². The Morgan fingerprint density at radius 3 is 2.90 bits per heavy atom. The van der Waals surface area contributed by atoms with Crippen molar-refractivity contribution in [2.75, 3.05) is 5.32 Å². The number of hydrogen-bond donors (Lipinski definition) is 1. The first kappa shape index (κ1) is 14.5. The van der Waals surface area contributed by atoms with Crippen LogP contribution in [-0.4, -0.2) is 10.9 Å². The average Bonchev–Trinajstić information content (AvgIpc) is 2.70. The number of fused-ring (bicyclic) bond motifs is 1. The molecule has 0 fully saturated rings. The summed E-state index contributed by atoms with van der Waals surface area (Å²) in [4.78, 5) is 18.0. The largest absolute Gasteiger partial charge is 0.302 e. The van der Waals surface area contributed by atoms with Gasteiger partial charge in [-0.1, -0.05) is 36.2 Å². The van der Waals surface area contributed by atoms with Crippen molar-refractivity contribution in [2.45, 2.75) is 38.5 Å².